The van der Waals surface area contributed by atoms with E-state index < -0.39 is 10.0 Å². The first kappa shape index (κ1) is 20.8. The molecule has 0 aromatic heterocycles. The Hall–Kier alpha value is -1.89. The van der Waals surface area contributed by atoms with E-state index in [1.807, 2.05) is 19.1 Å². The summed E-state index contributed by atoms with van der Waals surface area (Å²) < 4.78 is 27.5. The van der Waals surface area contributed by atoms with Crippen molar-refractivity contribution >= 4 is 33.1 Å². The topological polar surface area (TPSA) is 66.5 Å². The minimum atomic E-state index is -3.58. The zero-order valence-electron chi connectivity index (χ0n) is 15.9. The van der Waals surface area contributed by atoms with Gasteiger partial charge in [0.15, 0.2) is 5.78 Å². The molecule has 0 bridgehead atoms. The maximum atomic E-state index is 13.0. The van der Waals surface area contributed by atoms with Gasteiger partial charge in [-0.05, 0) is 49.6 Å². The Balaban J connectivity index is 1.75. The van der Waals surface area contributed by atoms with E-state index in [9.17, 15) is 13.2 Å². The summed E-state index contributed by atoms with van der Waals surface area (Å²) in [6.07, 6.45) is 3.86. The lowest BCUT2D eigenvalue weighted by Crippen LogP contribution is -2.32. The molecule has 1 saturated heterocycles. The van der Waals surface area contributed by atoms with E-state index >= 15 is 0 Å². The van der Waals surface area contributed by atoms with Crippen molar-refractivity contribution < 1.29 is 13.2 Å². The smallest absolute Gasteiger partial charge is 0.243 e. The lowest BCUT2D eigenvalue weighted by Gasteiger charge is -2.20. The summed E-state index contributed by atoms with van der Waals surface area (Å²) in [4.78, 5) is 12.8. The van der Waals surface area contributed by atoms with Gasteiger partial charge in [0.2, 0.25) is 10.0 Å². The van der Waals surface area contributed by atoms with E-state index in [0.717, 1.165) is 36.9 Å². The summed E-state index contributed by atoms with van der Waals surface area (Å²) >= 11 is 6.11. The predicted octanol–water partition coefficient (Wildman–Crippen LogP) is 4.51. The van der Waals surface area contributed by atoms with Gasteiger partial charge in [0.05, 0.1) is 11.4 Å². The Morgan fingerprint density at radius 3 is 2.46 bits per heavy atom. The van der Waals surface area contributed by atoms with Crippen molar-refractivity contribution in [2.24, 2.45) is 0 Å². The van der Waals surface area contributed by atoms with Crippen LogP contribution < -0.4 is 5.32 Å². The van der Waals surface area contributed by atoms with Crippen LogP contribution in [0.4, 0.5) is 5.69 Å². The molecule has 2 aromatic carbocycles. The van der Waals surface area contributed by atoms with Gasteiger partial charge in [-0.2, -0.15) is 4.31 Å². The zero-order valence-corrected chi connectivity index (χ0v) is 17.5. The number of nitrogens with zero attached hydrogens (tertiary/aromatic N) is 1. The number of carbonyl (C=O) groups excluding carboxylic acids is 1. The Morgan fingerprint density at radius 2 is 1.75 bits per heavy atom. The number of halogens is 1. The zero-order chi connectivity index (χ0) is 20.1. The molecule has 28 heavy (non-hydrogen) atoms. The van der Waals surface area contributed by atoms with Crippen LogP contribution in [0.25, 0.3) is 0 Å². The lowest BCUT2D eigenvalue weighted by molar-refractivity contribution is 0.101. The van der Waals surface area contributed by atoms with Gasteiger partial charge in [-0.3, -0.25) is 4.79 Å². The summed E-state index contributed by atoms with van der Waals surface area (Å²) in [7, 11) is -3.58. The van der Waals surface area contributed by atoms with Gasteiger partial charge in [-0.1, -0.05) is 42.6 Å². The number of nitrogens with one attached hydrogen (secondary N) is 1. The van der Waals surface area contributed by atoms with Crippen LogP contribution in [0, 0.1) is 6.92 Å². The van der Waals surface area contributed by atoms with E-state index in [-0.39, 0.29) is 17.2 Å². The summed E-state index contributed by atoms with van der Waals surface area (Å²) in [5.41, 5.74) is 2.03. The average Bonchev–Trinajstić information content (AvgIpc) is 2.99. The first-order valence-corrected chi connectivity index (χ1v) is 11.3. The molecule has 1 heterocycles. The first-order chi connectivity index (χ1) is 13.4. The van der Waals surface area contributed by atoms with Crippen molar-refractivity contribution in [3.8, 4) is 0 Å². The van der Waals surface area contributed by atoms with Crippen molar-refractivity contribution in [2.45, 2.75) is 37.5 Å². The highest BCUT2D eigenvalue weighted by atomic mass is 35.5. The van der Waals surface area contributed by atoms with Crippen LogP contribution in [-0.2, 0) is 10.0 Å². The van der Waals surface area contributed by atoms with Crippen LogP contribution in [-0.4, -0.2) is 38.1 Å². The molecule has 1 fully saturated rings. The molecule has 5 nitrogen and oxygen atoms in total. The summed E-state index contributed by atoms with van der Waals surface area (Å²) in [6.45, 7) is 3.02. The monoisotopic (exact) mass is 420 g/mol. The van der Waals surface area contributed by atoms with Crippen molar-refractivity contribution in [2.75, 3.05) is 25.0 Å². The van der Waals surface area contributed by atoms with E-state index in [2.05, 4.69) is 5.32 Å². The molecule has 0 saturated carbocycles. The number of anilines is 1. The number of Topliss-reactive ketones (excluding diaryl/α,β-unsaturated/α-hetero) is 1. The number of carbonyl (C=O) groups is 1. The minimum Gasteiger partial charge on any atom is -0.377 e. The average molecular weight is 421 g/mol. The molecular weight excluding hydrogens is 396 g/mol. The Bertz CT molecular complexity index is 952. The van der Waals surface area contributed by atoms with E-state index in [0.29, 0.717) is 23.7 Å². The first-order valence-electron chi connectivity index (χ1n) is 9.52. The maximum Gasteiger partial charge on any atom is 0.243 e. The van der Waals surface area contributed by atoms with Crippen molar-refractivity contribution in [1.29, 1.82) is 0 Å². The second-order valence-electron chi connectivity index (χ2n) is 7.04. The summed E-state index contributed by atoms with van der Waals surface area (Å²) in [6, 6.07) is 11.8. The molecule has 0 aliphatic carbocycles. The molecule has 0 unspecified atom stereocenters. The van der Waals surface area contributed by atoms with E-state index in [1.54, 1.807) is 24.3 Å². The third kappa shape index (κ3) is 4.74. The molecule has 3 rings (SSSR count). The van der Waals surface area contributed by atoms with Crippen LogP contribution >= 0.6 is 11.6 Å². The number of benzene rings is 2. The van der Waals surface area contributed by atoms with Crippen LogP contribution in [0.5, 0.6) is 0 Å². The second-order valence-corrected chi connectivity index (χ2v) is 9.38. The Morgan fingerprint density at radius 1 is 1.07 bits per heavy atom. The maximum absolute atomic E-state index is 13.0. The number of ketones is 1. The van der Waals surface area contributed by atoms with Gasteiger partial charge in [-0.15, -0.1) is 0 Å². The molecule has 150 valence electrons. The highest BCUT2D eigenvalue weighted by Crippen LogP contribution is 2.24. The highest BCUT2D eigenvalue weighted by molar-refractivity contribution is 7.89. The summed E-state index contributed by atoms with van der Waals surface area (Å²) in [5, 5.41) is 3.72. The largest absolute Gasteiger partial charge is 0.377 e. The SMILES string of the molecule is Cc1c(Cl)cccc1NCC(=O)c1cccc(S(=O)(=O)N2CCCCCC2)c1. The van der Waals surface area contributed by atoms with Crippen molar-refractivity contribution in [1.82, 2.24) is 4.31 Å². The standard InChI is InChI=1S/C21H25ClN2O3S/c1-16-19(22)10-7-11-20(16)23-15-21(25)17-8-6-9-18(14-17)28(26,27)24-12-4-2-3-5-13-24/h6-11,14,23H,2-5,12-13,15H2,1H3. The molecule has 7 heteroatoms. The Kier molecular flexibility index (Phi) is 6.75. The van der Waals surface area contributed by atoms with Crippen LogP contribution in [0.1, 0.15) is 41.6 Å². The second kappa shape index (κ2) is 9.07. The molecule has 0 amide bonds. The van der Waals surface area contributed by atoms with Crippen molar-refractivity contribution in [3.63, 3.8) is 0 Å². The fourth-order valence-corrected chi connectivity index (χ4v) is 5.08. The fraction of sp³-hybridized carbons (Fsp3) is 0.381. The highest BCUT2D eigenvalue weighted by Gasteiger charge is 2.25. The van der Waals surface area contributed by atoms with E-state index in [4.69, 9.17) is 11.6 Å². The van der Waals surface area contributed by atoms with Crippen molar-refractivity contribution in [3.05, 3.63) is 58.6 Å². The number of hydrogen-bond acceptors (Lipinski definition) is 4. The number of sulfonamides is 1. The molecule has 0 spiro atoms. The van der Waals surface area contributed by atoms with Crippen LogP contribution in [0.3, 0.4) is 0 Å². The molecule has 2 aromatic rings. The summed E-state index contributed by atoms with van der Waals surface area (Å²) in [5.74, 6) is -0.174. The van der Waals surface area contributed by atoms with Gasteiger partial charge in [0.1, 0.15) is 0 Å². The normalized spacial score (nSPS) is 15.8. The van der Waals surface area contributed by atoms with Gasteiger partial charge in [0.25, 0.3) is 0 Å². The van der Waals surface area contributed by atoms with Crippen LogP contribution in [0.2, 0.25) is 5.02 Å². The minimum absolute atomic E-state index is 0.0639. The van der Waals surface area contributed by atoms with Gasteiger partial charge in [-0.25, -0.2) is 8.42 Å². The lowest BCUT2D eigenvalue weighted by atomic mass is 10.1. The molecule has 0 radical (unpaired) electrons. The third-order valence-corrected chi connectivity index (χ3v) is 7.37. The third-order valence-electron chi connectivity index (χ3n) is 5.07. The van der Waals surface area contributed by atoms with Gasteiger partial charge < -0.3 is 5.32 Å². The molecule has 1 aliphatic rings. The molecule has 1 aliphatic heterocycles. The van der Waals surface area contributed by atoms with E-state index in [1.165, 1.54) is 10.4 Å². The van der Waals surface area contributed by atoms with Gasteiger partial charge in [0, 0.05) is 29.4 Å². The molecule has 0 atom stereocenters. The van der Waals surface area contributed by atoms with Gasteiger partial charge >= 0.3 is 0 Å². The number of rotatable bonds is 6. The molecule has 1 N–H and O–H groups in total. The fourth-order valence-electron chi connectivity index (χ4n) is 3.34. The predicted molar refractivity (Wildman–Crippen MR) is 113 cm³/mol. The Labute approximate surface area is 171 Å². The number of hydrogen-bond donors (Lipinski definition) is 1. The van der Waals surface area contributed by atoms with Crippen LogP contribution in [0.15, 0.2) is 47.4 Å². The quantitative estimate of drug-likeness (QED) is 0.698. The molecular formula is C21H25ClN2O3S.